The molecule has 12 nitrogen and oxygen atoms in total. The van der Waals surface area contributed by atoms with Gasteiger partial charge in [0.15, 0.2) is 0 Å². The summed E-state index contributed by atoms with van der Waals surface area (Å²) in [4.78, 5) is 41.0. The summed E-state index contributed by atoms with van der Waals surface area (Å²) in [6.07, 6.45) is 5.36. The van der Waals surface area contributed by atoms with E-state index < -0.39 is 34.8 Å². The van der Waals surface area contributed by atoms with Crippen molar-refractivity contribution in [1.82, 2.24) is 19.9 Å². The van der Waals surface area contributed by atoms with Gasteiger partial charge < -0.3 is 19.1 Å². The van der Waals surface area contributed by atoms with Gasteiger partial charge >= 0.3 is 18.2 Å². The third-order valence-corrected chi connectivity index (χ3v) is 10.7. The highest BCUT2D eigenvalue weighted by molar-refractivity contribution is 6.23. The van der Waals surface area contributed by atoms with E-state index in [0.717, 1.165) is 34.8 Å². The Labute approximate surface area is 288 Å². The number of aromatic nitrogens is 3. The molecular formula is C35H43F3N6O6. The molecule has 4 bridgehead atoms. The standard InChI is InChI=1S/C35H43F3N6O6/c1-33(2)31(46)44(28-5-4-26(20-39)29(15-28)35(36,37)38)32(47)43(33)7-3-6-42-21-27(40-41-42)22-49-9-8-48-10-11-50-30(45)19-34-16-23-12-24(17-34)14-25(13-23)18-34/h4-5,15,21,23-25H,3,6-14,16-19,22H2,1-2H3. The summed E-state index contributed by atoms with van der Waals surface area (Å²) in [6, 6.07) is 3.52. The van der Waals surface area contributed by atoms with Crippen LogP contribution in [0.1, 0.15) is 82.0 Å². The first-order valence-electron chi connectivity index (χ1n) is 17.3. The topological polar surface area (TPSA) is 140 Å². The Morgan fingerprint density at radius 3 is 2.32 bits per heavy atom. The van der Waals surface area contributed by atoms with Crippen LogP contribution in [0, 0.1) is 34.5 Å². The zero-order valence-electron chi connectivity index (χ0n) is 28.4. The fourth-order valence-corrected chi connectivity index (χ4v) is 8.82. The maximum atomic E-state index is 13.5. The van der Waals surface area contributed by atoms with Gasteiger partial charge in [-0.1, -0.05) is 5.21 Å². The third kappa shape index (κ3) is 7.66. The minimum Gasteiger partial charge on any atom is -0.463 e. The van der Waals surface area contributed by atoms with Gasteiger partial charge in [0.2, 0.25) is 0 Å². The zero-order chi connectivity index (χ0) is 35.7. The van der Waals surface area contributed by atoms with Gasteiger partial charge in [0.05, 0.1) is 61.9 Å². The molecule has 4 aliphatic carbocycles. The largest absolute Gasteiger partial charge is 0.463 e. The molecule has 0 N–H and O–H groups in total. The van der Waals surface area contributed by atoms with E-state index in [-0.39, 0.29) is 36.8 Å². The van der Waals surface area contributed by atoms with E-state index in [1.165, 1.54) is 63.3 Å². The Morgan fingerprint density at radius 1 is 1.00 bits per heavy atom. The van der Waals surface area contributed by atoms with Crippen molar-refractivity contribution >= 4 is 23.6 Å². The van der Waals surface area contributed by atoms with E-state index in [4.69, 9.17) is 19.5 Å². The Kier molecular flexibility index (Phi) is 10.2. The van der Waals surface area contributed by atoms with Crippen LogP contribution >= 0.6 is 0 Å². The second-order valence-electron chi connectivity index (χ2n) is 14.8. The predicted octanol–water partition coefficient (Wildman–Crippen LogP) is 5.49. The fraction of sp³-hybridized carbons (Fsp3) is 0.657. The molecule has 5 aliphatic rings. The number of carbonyl (C=O) groups excluding carboxylic acids is 3. The van der Waals surface area contributed by atoms with Crippen molar-refractivity contribution in [2.75, 3.05) is 37.9 Å². The van der Waals surface area contributed by atoms with Crippen molar-refractivity contribution in [2.45, 2.75) is 90.1 Å². The Morgan fingerprint density at radius 2 is 1.66 bits per heavy atom. The maximum Gasteiger partial charge on any atom is 0.417 e. The van der Waals surface area contributed by atoms with Gasteiger partial charge in [-0.3, -0.25) is 14.3 Å². The summed E-state index contributed by atoms with van der Waals surface area (Å²) in [7, 11) is 0. The number of imide groups is 1. The lowest BCUT2D eigenvalue weighted by molar-refractivity contribution is -0.153. The van der Waals surface area contributed by atoms with Crippen LogP contribution in [0.4, 0.5) is 23.7 Å². The number of anilines is 1. The molecule has 15 heteroatoms. The van der Waals surface area contributed by atoms with Crippen LogP contribution in [0.5, 0.6) is 0 Å². The number of benzene rings is 1. The molecule has 0 radical (unpaired) electrons. The molecule has 3 amide bonds. The van der Waals surface area contributed by atoms with Crippen LogP contribution in [0.25, 0.3) is 0 Å². The van der Waals surface area contributed by atoms with E-state index in [0.29, 0.717) is 51.0 Å². The average molecular weight is 701 g/mol. The van der Waals surface area contributed by atoms with Crippen molar-refractivity contribution in [2.24, 2.45) is 23.2 Å². The number of urea groups is 1. The molecule has 0 spiro atoms. The number of carbonyl (C=O) groups is 3. The van der Waals surface area contributed by atoms with Gasteiger partial charge in [0.1, 0.15) is 17.8 Å². The average Bonchev–Trinajstić information content (AvgIpc) is 3.56. The van der Waals surface area contributed by atoms with Gasteiger partial charge in [0, 0.05) is 13.1 Å². The second kappa shape index (κ2) is 14.3. The number of rotatable bonds is 15. The molecule has 2 aromatic rings. The molecule has 2 heterocycles. The summed E-state index contributed by atoms with van der Waals surface area (Å²) in [5, 5.41) is 17.3. The number of nitriles is 1. The van der Waals surface area contributed by atoms with E-state index in [1.54, 1.807) is 10.9 Å². The number of aryl methyl sites for hydroxylation is 1. The first kappa shape index (κ1) is 35.8. The van der Waals surface area contributed by atoms with Crippen LogP contribution < -0.4 is 4.90 Å². The van der Waals surface area contributed by atoms with Crippen LogP contribution in [0.15, 0.2) is 24.4 Å². The maximum absolute atomic E-state index is 13.5. The summed E-state index contributed by atoms with van der Waals surface area (Å²) < 4.78 is 58.8. The number of esters is 1. The molecule has 0 unspecified atom stereocenters. The molecule has 50 heavy (non-hydrogen) atoms. The molecular weight excluding hydrogens is 657 g/mol. The Bertz CT molecular complexity index is 1600. The molecule has 1 aliphatic heterocycles. The van der Waals surface area contributed by atoms with Crippen molar-refractivity contribution in [3.05, 3.63) is 41.2 Å². The summed E-state index contributed by atoms with van der Waals surface area (Å²) in [6.45, 7) is 4.93. The summed E-state index contributed by atoms with van der Waals surface area (Å²) in [5.74, 6) is 1.62. The van der Waals surface area contributed by atoms with Crippen LogP contribution in [-0.4, -0.2) is 76.3 Å². The second-order valence-corrected chi connectivity index (χ2v) is 14.8. The number of hydrogen-bond acceptors (Lipinski definition) is 9. The van der Waals surface area contributed by atoms with Gasteiger partial charge in [-0.15, -0.1) is 5.10 Å². The van der Waals surface area contributed by atoms with Gasteiger partial charge in [-0.25, -0.2) is 9.69 Å². The number of alkyl halides is 3. The molecule has 7 rings (SSSR count). The van der Waals surface area contributed by atoms with Crippen LogP contribution in [-0.2, 0) is 43.1 Å². The highest BCUT2D eigenvalue weighted by Crippen LogP contribution is 2.61. The molecule has 5 fully saturated rings. The normalized spacial score (nSPS) is 25.4. The highest BCUT2D eigenvalue weighted by Gasteiger charge is 2.53. The monoisotopic (exact) mass is 700 g/mol. The first-order chi connectivity index (χ1) is 23.8. The first-order valence-corrected chi connectivity index (χ1v) is 17.3. The molecule has 0 atom stereocenters. The van der Waals surface area contributed by atoms with Gasteiger partial charge in [-0.05, 0) is 100 Å². The van der Waals surface area contributed by atoms with Crippen molar-refractivity contribution in [3.8, 4) is 6.07 Å². The van der Waals surface area contributed by atoms with Crippen molar-refractivity contribution in [1.29, 1.82) is 5.26 Å². The minimum absolute atomic E-state index is 0.118. The summed E-state index contributed by atoms with van der Waals surface area (Å²) >= 11 is 0. The van der Waals surface area contributed by atoms with Crippen molar-refractivity contribution < 1.29 is 41.8 Å². The Hall–Kier alpha value is -4.03. The molecule has 1 aromatic heterocycles. The quantitative estimate of drug-likeness (QED) is 0.134. The van der Waals surface area contributed by atoms with Crippen molar-refractivity contribution in [3.63, 3.8) is 0 Å². The molecule has 1 saturated heterocycles. The van der Waals surface area contributed by atoms with E-state index in [9.17, 15) is 27.6 Å². The molecule has 4 saturated carbocycles. The van der Waals surface area contributed by atoms with Gasteiger partial charge in [-0.2, -0.15) is 18.4 Å². The lowest BCUT2D eigenvalue weighted by atomic mass is 9.49. The van der Waals surface area contributed by atoms with E-state index in [1.807, 2.05) is 0 Å². The lowest BCUT2D eigenvalue weighted by Gasteiger charge is -2.56. The number of halogens is 3. The Balaban J connectivity index is 0.873. The van der Waals surface area contributed by atoms with Crippen LogP contribution in [0.2, 0.25) is 0 Å². The SMILES string of the molecule is CC1(C)C(=O)N(c2ccc(C#N)c(C(F)(F)F)c2)C(=O)N1CCCn1cc(COCCOCCOC(=O)CC23CC4CC(CC(C4)C2)C3)nn1. The number of nitrogens with zero attached hydrogens (tertiary/aromatic N) is 6. The minimum atomic E-state index is -4.83. The third-order valence-electron chi connectivity index (χ3n) is 10.7. The molecule has 1 aromatic carbocycles. The smallest absolute Gasteiger partial charge is 0.417 e. The number of amides is 3. The molecule has 270 valence electrons. The highest BCUT2D eigenvalue weighted by atomic mass is 19.4. The predicted molar refractivity (Wildman–Crippen MR) is 171 cm³/mol. The van der Waals surface area contributed by atoms with E-state index in [2.05, 4.69) is 10.3 Å². The zero-order valence-corrected chi connectivity index (χ0v) is 28.4. The summed E-state index contributed by atoms with van der Waals surface area (Å²) in [5.41, 5.74) is -2.62. The van der Waals surface area contributed by atoms with Gasteiger partial charge in [0.25, 0.3) is 5.91 Å². The fourth-order valence-electron chi connectivity index (χ4n) is 8.82. The van der Waals surface area contributed by atoms with E-state index >= 15 is 0 Å². The number of ether oxygens (including phenoxy) is 3. The lowest BCUT2D eigenvalue weighted by Crippen LogP contribution is -2.47. The van der Waals surface area contributed by atoms with Crippen LogP contribution in [0.3, 0.4) is 0 Å². The number of hydrogen-bond donors (Lipinski definition) is 0.